The van der Waals surface area contributed by atoms with Crippen molar-refractivity contribution in [2.45, 2.75) is 37.6 Å². The van der Waals surface area contributed by atoms with Gasteiger partial charge in [0.15, 0.2) is 0 Å². The standard InChI is InChI=1S/C19H23ClN2O3S/c1-3-8-15(2)21-19(23)14-22(17-10-7-9-16(20)13-17)26(24,25)18-11-5-4-6-12-18/h4-7,9-13,15H,3,8,14H2,1-2H3,(H,21,23)/t15-/m0/s1. The van der Waals surface area contributed by atoms with Crippen LogP contribution in [0.2, 0.25) is 5.02 Å². The molecule has 0 unspecified atom stereocenters. The molecule has 0 fully saturated rings. The monoisotopic (exact) mass is 394 g/mol. The van der Waals surface area contributed by atoms with E-state index in [1.165, 1.54) is 18.2 Å². The van der Waals surface area contributed by atoms with Crippen molar-refractivity contribution in [3.63, 3.8) is 0 Å². The van der Waals surface area contributed by atoms with E-state index in [1.807, 2.05) is 13.8 Å². The smallest absolute Gasteiger partial charge is 0.264 e. The Kier molecular flexibility index (Phi) is 7.06. The zero-order valence-corrected chi connectivity index (χ0v) is 16.4. The number of sulfonamides is 1. The first-order valence-electron chi connectivity index (χ1n) is 8.47. The lowest BCUT2D eigenvalue weighted by molar-refractivity contribution is -0.120. The summed E-state index contributed by atoms with van der Waals surface area (Å²) in [5, 5.41) is 3.24. The molecule has 0 saturated carbocycles. The SMILES string of the molecule is CCC[C@H](C)NC(=O)CN(c1cccc(Cl)c1)S(=O)(=O)c1ccccc1. The topological polar surface area (TPSA) is 66.5 Å². The molecule has 0 aromatic heterocycles. The van der Waals surface area contributed by atoms with E-state index in [1.54, 1.807) is 36.4 Å². The largest absolute Gasteiger partial charge is 0.352 e. The Hall–Kier alpha value is -2.05. The molecule has 0 spiro atoms. The minimum absolute atomic E-state index is 0.0202. The van der Waals surface area contributed by atoms with Gasteiger partial charge in [-0.05, 0) is 43.7 Å². The highest BCUT2D eigenvalue weighted by atomic mass is 35.5. The quantitative estimate of drug-likeness (QED) is 0.739. The average molecular weight is 395 g/mol. The Morgan fingerprint density at radius 1 is 1.15 bits per heavy atom. The van der Waals surface area contributed by atoms with Gasteiger partial charge in [-0.3, -0.25) is 9.10 Å². The molecule has 0 aliphatic carbocycles. The molecule has 0 aliphatic rings. The van der Waals surface area contributed by atoms with Gasteiger partial charge in [-0.25, -0.2) is 8.42 Å². The first-order chi connectivity index (χ1) is 12.3. The third kappa shape index (κ3) is 5.22. The molecule has 0 aliphatic heterocycles. The first-order valence-corrected chi connectivity index (χ1v) is 10.3. The van der Waals surface area contributed by atoms with Gasteiger partial charge in [-0.2, -0.15) is 0 Å². The lowest BCUT2D eigenvalue weighted by atomic mass is 10.2. The summed E-state index contributed by atoms with van der Waals surface area (Å²) in [4.78, 5) is 12.5. The van der Waals surface area contributed by atoms with E-state index in [4.69, 9.17) is 11.6 Å². The van der Waals surface area contributed by atoms with Crippen molar-refractivity contribution in [3.05, 3.63) is 59.6 Å². The molecule has 0 bridgehead atoms. The van der Waals surface area contributed by atoms with Crippen molar-refractivity contribution >= 4 is 33.2 Å². The summed E-state index contributed by atoms with van der Waals surface area (Å²) in [6.45, 7) is 3.61. The Morgan fingerprint density at radius 3 is 2.46 bits per heavy atom. The molecular formula is C19H23ClN2O3S. The van der Waals surface area contributed by atoms with Crippen molar-refractivity contribution in [1.29, 1.82) is 0 Å². The second-order valence-corrected chi connectivity index (χ2v) is 8.36. The zero-order chi connectivity index (χ0) is 19.2. The van der Waals surface area contributed by atoms with E-state index in [-0.39, 0.29) is 23.4 Å². The van der Waals surface area contributed by atoms with Crippen molar-refractivity contribution < 1.29 is 13.2 Å². The molecular weight excluding hydrogens is 372 g/mol. The van der Waals surface area contributed by atoms with Gasteiger partial charge in [0.25, 0.3) is 10.0 Å². The van der Waals surface area contributed by atoms with Gasteiger partial charge in [0.1, 0.15) is 6.54 Å². The highest BCUT2D eigenvalue weighted by Crippen LogP contribution is 2.25. The molecule has 0 saturated heterocycles. The number of carbonyl (C=O) groups is 1. The van der Waals surface area contributed by atoms with Gasteiger partial charge >= 0.3 is 0 Å². The van der Waals surface area contributed by atoms with Crippen molar-refractivity contribution in [2.75, 3.05) is 10.8 Å². The first kappa shape index (κ1) is 20.3. The highest BCUT2D eigenvalue weighted by Gasteiger charge is 2.27. The van der Waals surface area contributed by atoms with Crippen LogP contribution < -0.4 is 9.62 Å². The van der Waals surface area contributed by atoms with E-state index in [0.717, 1.165) is 17.1 Å². The molecule has 2 rings (SSSR count). The summed E-state index contributed by atoms with van der Waals surface area (Å²) < 4.78 is 27.3. The normalized spacial score (nSPS) is 12.4. The zero-order valence-electron chi connectivity index (χ0n) is 14.9. The molecule has 1 N–H and O–H groups in total. The number of rotatable bonds is 8. The summed E-state index contributed by atoms with van der Waals surface area (Å²) in [5.74, 6) is -0.356. The van der Waals surface area contributed by atoms with Crippen molar-refractivity contribution in [2.24, 2.45) is 0 Å². The molecule has 140 valence electrons. The van der Waals surface area contributed by atoms with E-state index in [0.29, 0.717) is 10.7 Å². The molecule has 1 atom stereocenters. The van der Waals surface area contributed by atoms with Crippen LogP contribution in [0.4, 0.5) is 5.69 Å². The van der Waals surface area contributed by atoms with Crippen LogP contribution in [-0.4, -0.2) is 26.9 Å². The van der Waals surface area contributed by atoms with Crippen LogP contribution in [0.1, 0.15) is 26.7 Å². The van der Waals surface area contributed by atoms with Crippen molar-refractivity contribution in [1.82, 2.24) is 5.32 Å². The number of benzene rings is 2. The van der Waals surface area contributed by atoms with Gasteiger partial charge in [-0.15, -0.1) is 0 Å². The second-order valence-electron chi connectivity index (χ2n) is 6.06. The lowest BCUT2D eigenvalue weighted by Gasteiger charge is -2.25. The fraction of sp³-hybridized carbons (Fsp3) is 0.316. The van der Waals surface area contributed by atoms with Crippen LogP contribution in [0.5, 0.6) is 0 Å². The lowest BCUT2D eigenvalue weighted by Crippen LogP contribution is -2.43. The van der Waals surface area contributed by atoms with Crippen LogP contribution in [-0.2, 0) is 14.8 Å². The number of hydrogen-bond acceptors (Lipinski definition) is 3. The van der Waals surface area contributed by atoms with E-state index in [9.17, 15) is 13.2 Å². The van der Waals surface area contributed by atoms with Crippen LogP contribution >= 0.6 is 11.6 Å². The molecule has 7 heteroatoms. The van der Waals surface area contributed by atoms with Gasteiger partial charge in [-0.1, -0.05) is 49.2 Å². The maximum absolute atomic E-state index is 13.1. The Labute approximate surface area is 160 Å². The minimum Gasteiger partial charge on any atom is -0.352 e. The number of nitrogens with one attached hydrogen (secondary N) is 1. The predicted octanol–water partition coefficient (Wildman–Crippen LogP) is 3.84. The van der Waals surface area contributed by atoms with Gasteiger partial charge in [0, 0.05) is 11.1 Å². The van der Waals surface area contributed by atoms with Gasteiger partial charge < -0.3 is 5.32 Å². The number of anilines is 1. The Morgan fingerprint density at radius 2 is 1.85 bits per heavy atom. The number of amides is 1. The molecule has 1 amide bonds. The fourth-order valence-corrected chi connectivity index (χ4v) is 4.24. The van der Waals surface area contributed by atoms with Crippen LogP contribution in [0.3, 0.4) is 0 Å². The van der Waals surface area contributed by atoms with Crippen LogP contribution in [0, 0.1) is 0 Å². The van der Waals surface area contributed by atoms with E-state index in [2.05, 4.69) is 5.32 Å². The summed E-state index contributed by atoms with van der Waals surface area (Å²) in [5.41, 5.74) is 0.347. The maximum atomic E-state index is 13.1. The average Bonchev–Trinajstić information content (AvgIpc) is 2.60. The molecule has 26 heavy (non-hydrogen) atoms. The van der Waals surface area contributed by atoms with Crippen LogP contribution in [0.25, 0.3) is 0 Å². The maximum Gasteiger partial charge on any atom is 0.264 e. The number of halogens is 1. The molecule has 2 aromatic rings. The third-order valence-corrected chi connectivity index (χ3v) is 5.87. The number of carbonyl (C=O) groups excluding carboxylic acids is 1. The molecule has 2 aromatic carbocycles. The summed E-state index contributed by atoms with van der Waals surface area (Å²) in [6.07, 6.45) is 1.76. The Bertz CT molecular complexity index is 841. The van der Waals surface area contributed by atoms with Crippen molar-refractivity contribution in [3.8, 4) is 0 Å². The molecule has 5 nitrogen and oxygen atoms in total. The fourth-order valence-electron chi connectivity index (χ4n) is 2.62. The van der Waals surface area contributed by atoms with E-state index >= 15 is 0 Å². The van der Waals surface area contributed by atoms with Gasteiger partial charge in [0.05, 0.1) is 10.6 Å². The number of hydrogen-bond donors (Lipinski definition) is 1. The van der Waals surface area contributed by atoms with E-state index < -0.39 is 10.0 Å². The molecule has 0 radical (unpaired) electrons. The predicted molar refractivity (Wildman–Crippen MR) is 105 cm³/mol. The minimum atomic E-state index is -3.90. The van der Waals surface area contributed by atoms with Crippen LogP contribution in [0.15, 0.2) is 59.5 Å². The summed E-state index contributed by atoms with van der Waals surface area (Å²) in [6, 6.07) is 14.5. The highest BCUT2D eigenvalue weighted by molar-refractivity contribution is 7.92. The summed E-state index contributed by atoms with van der Waals surface area (Å²) >= 11 is 6.03. The Balaban J connectivity index is 2.36. The van der Waals surface area contributed by atoms with Gasteiger partial charge in [0.2, 0.25) is 5.91 Å². The molecule has 0 heterocycles. The number of nitrogens with zero attached hydrogens (tertiary/aromatic N) is 1. The second kappa shape index (κ2) is 9.05. The third-order valence-electron chi connectivity index (χ3n) is 3.84. The summed E-state index contributed by atoms with van der Waals surface area (Å²) in [7, 11) is -3.90.